The van der Waals surface area contributed by atoms with Crippen molar-refractivity contribution in [3.05, 3.63) is 40.2 Å². The summed E-state index contributed by atoms with van der Waals surface area (Å²) in [6.07, 6.45) is 0.831. The number of benzene rings is 1. The lowest BCUT2D eigenvalue weighted by atomic mass is 10.1. The van der Waals surface area contributed by atoms with Crippen LogP contribution in [0.3, 0.4) is 0 Å². The highest BCUT2D eigenvalue weighted by Gasteiger charge is 2.24. The van der Waals surface area contributed by atoms with E-state index in [4.69, 9.17) is 0 Å². The van der Waals surface area contributed by atoms with E-state index < -0.39 is 0 Å². The Balaban J connectivity index is 2.59. The van der Waals surface area contributed by atoms with E-state index in [0.717, 1.165) is 55.7 Å². The molecule has 0 saturated carbocycles. The molecule has 0 spiro atoms. The largest absolute Gasteiger partial charge is 0.371 e. The van der Waals surface area contributed by atoms with Crippen molar-refractivity contribution in [3.63, 3.8) is 0 Å². The predicted octanol–water partition coefficient (Wildman–Crippen LogP) is 3.33. The van der Waals surface area contributed by atoms with Crippen LogP contribution in [0.5, 0.6) is 0 Å². The van der Waals surface area contributed by atoms with E-state index in [2.05, 4.69) is 42.8 Å². The third kappa shape index (κ3) is 4.99. The van der Waals surface area contributed by atoms with Crippen LogP contribution in [0.15, 0.2) is 29.1 Å². The third-order valence-electron chi connectivity index (χ3n) is 5.51. The number of amides is 1. The van der Waals surface area contributed by atoms with Crippen molar-refractivity contribution < 1.29 is 4.79 Å². The summed E-state index contributed by atoms with van der Waals surface area (Å²) in [7, 11) is 0. The van der Waals surface area contributed by atoms with Crippen molar-refractivity contribution in [2.45, 2.75) is 47.6 Å². The molecule has 1 aromatic carbocycles. The zero-order chi connectivity index (χ0) is 21.4. The number of anilines is 1. The summed E-state index contributed by atoms with van der Waals surface area (Å²) in [6, 6.07) is 7.91. The Morgan fingerprint density at radius 3 is 2.24 bits per heavy atom. The lowest BCUT2D eigenvalue weighted by Gasteiger charge is -2.27. The van der Waals surface area contributed by atoms with Gasteiger partial charge in [-0.05, 0) is 39.4 Å². The molecule has 0 unspecified atom stereocenters. The normalized spacial score (nSPS) is 11.2. The second kappa shape index (κ2) is 11.0. The molecule has 160 valence electrons. The van der Waals surface area contributed by atoms with Crippen LogP contribution in [-0.4, -0.2) is 54.6 Å². The molecule has 0 aliphatic heterocycles. The first-order valence-corrected chi connectivity index (χ1v) is 10.9. The molecule has 6 nitrogen and oxygen atoms in total. The van der Waals surface area contributed by atoms with Gasteiger partial charge in [-0.25, -0.2) is 0 Å². The van der Waals surface area contributed by atoms with Gasteiger partial charge in [-0.15, -0.1) is 0 Å². The van der Waals surface area contributed by atoms with Crippen LogP contribution in [-0.2, 0) is 6.54 Å². The van der Waals surface area contributed by atoms with Crippen molar-refractivity contribution in [2.24, 2.45) is 0 Å². The number of hydrogen-bond acceptors (Lipinski definition) is 4. The quantitative estimate of drug-likeness (QED) is 0.629. The summed E-state index contributed by atoms with van der Waals surface area (Å²) >= 11 is 0. The first-order valence-electron chi connectivity index (χ1n) is 10.9. The standard InChI is InChI=1S/C23H36N4O2/c1-6-16-27-19-14-12-11-13-18(19)21(26(9-4)10-5)20(23(27)29)22(28)24-15-17-25(7-2)8-3/h11-14H,6-10,15-17H2,1-5H3,(H,24,28). The highest BCUT2D eigenvalue weighted by atomic mass is 16.2. The van der Waals surface area contributed by atoms with Crippen molar-refractivity contribution in [3.8, 4) is 0 Å². The SMILES string of the molecule is CCCn1c(=O)c(C(=O)NCCN(CC)CC)c(N(CC)CC)c2ccccc21. The molecular formula is C23H36N4O2. The van der Waals surface area contributed by atoms with Gasteiger partial charge in [-0.1, -0.05) is 39.0 Å². The summed E-state index contributed by atoms with van der Waals surface area (Å²) in [5.41, 5.74) is 1.71. The van der Waals surface area contributed by atoms with Gasteiger partial charge in [0, 0.05) is 38.1 Å². The molecular weight excluding hydrogens is 364 g/mol. The lowest BCUT2D eigenvalue weighted by Crippen LogP contribution is -2.40. The summed E-state index contributed by atoms with van der Waals surface area (Å²) in [5.74, 6) is -0.278. The number of hydrogen-bond donors (Lipinski definition) is 1. The third-order valence-corrected chi connectivity index (χ3v) is 5.51. The minimum Gasteiger partial charge on any atom is -0.371 e. The maximum Gasteiger partial charge on any atom is 0.266 e. The van der Waals surface area contributed by atoms with E-state index >= 15 is 0 Å². The molecule has 6 heteroatoms. The molecule has 1 aromatic heterocycles. The molecule has 0 aliphatic rings. The number of para-hydroxylation sites is 1. The average molecular weight is 401 g/mol. The smallest absolute Gasteiger partial charge is 0.266 e. The summed E-state index contributed by atoms with van der Waals surface area (Å²) < 4.78 is 1.75. The van der Waals surface area contributed by atoms with Crippen LogP contribution < -0.4 is 15.8 Å². The lowest BCUT2D eigenvalue weighted by molar-refractivity contribution is 0.0947. The number of carbonyl (C=O) groups excluding carboxylic acids is 1. The number of likely N-dealkylation sites (N-methyl/N-ethyl adjacent to an activating group) is 1. The highest BCUT2D eigenvalue weighted by molar-refractivity contribution is 6.07. The topological polar surface area (TPSA) is 57.6 Å². The predicted molar refractivity (Wildman–Crippen MR) is 122 cm³/mol. The van der Waals surface area contributed by atoms with E-state index in [1.54, 1.807) is 4.57 Å². The molecule has 2 rings (SSSR count). The maximum atomic E-state index is 13.4. The van der Waals surface area contributed by atoms with Crippen LogP contribution in [0.25, 0.3) is 10.9 Å². The van der Waals surface area contributed by atoms with E-state index in [1.165, 1.54) is 0 Å². The van der Waals surface area contributed by atoms with Gasteiger partial charge in [0.05, 0.1) is 11.2 Å². The molecule has 0 fully saturated rings. The van der Waals surface area contributed by atoms with Crippen LogP contribution in [0.1, 0.15) is 51.4 Å². The molecule has 2 aromatic rings. The molecule has 0 bridgehead atoms. The van der Waals surface area contributed by atoms with Gasteiger partial charge in [-0.3, -0.25) is 9.59 Å². The van der Waals surface area contributed by atoms with Crippen LogP contribution in [0, 0.1) is 0 Å². The maximum absolute atomic E-state index is 13.4. The first-order chi connectivity index (χ1) is 14.0. The molecule has 29 heavy (non-hydrogen) atoms. The Bertz CT molecular complexity index is 867. The summed E-state index contributed by atoms with van der Waals surface area (Å²) in [6.45, 7) is 15.6. The van der Waals surface area contributed by atoms with Crippen molar-refractivity contribution in [1.82, 2.24) is 14.8 Å². The molecule has 0 radical (unpaired) electrons. The van der Waals surface area contributed by atoms with Crippen LogP contribution in [0.2, 0.25) is 0 Å². The van der Waals surface area contributed by atoms with Gasteiger partial charge in [-0.2, -0.15) is 0 Å². The van der Waals surface area contributed by atoms with Gasteiger partial charge >= 0.3 is 0 Å². The van der Waals surface area contributed by atoms with E-state index in [9.17, 15) is 9.59 Å². The van der Waals surface area contributed by atoms with Gasteiger partial charge in [0.1, 0.15) is 5.56 Å². The minimum absolute atomic E-state index is 0.201. The molecule has 0 atom stereocenters. The fourth-order valence-electron chi connectivity index (χ4n) is 3.86. The number of rotatable bonds is 11. The Labute approximate surface area is 174 Å². The number of nitrogens with one attached hydrogen (secondary N) is 1. The van der Waals surface area contributed by atoms with E-state index in [0.29, 0.717) is 13.1 Å². The fourth-order valence-corrected chi connectivity index (χ4v) is 3.86. The second-order valence-electron chi connectivity index (χ2n) is 7.15. The number of carbonyl (C=O) groups is 1. The molecule has 1 heterocycles. The van der Waals surface area contributed by atoms with Crippen LogP contribution >= 0.6 is 0 Å². The van der Waals surface area contributed by atoms with Crippen molar-refractivity contribution in [2.75, 3.05) is 44.2 Å². The monoisotopic (exact) mass is 400 g/mol. The number of fused-ring (bicyclic) bond motifs is 1. The van der Waals surface area contributed by atoms with E-state index in [1.807, 2.05) is 31.2 Å². The van der Waals surface area contributed by atoms with E-state index in [-0.39, 0.29) is 17.0 Å². The van der Waals surface area contributed by atoms with Crippen LogP contribution in [0.4, 0.5) is 5.69 Å². The number of aromatic nitrogens is 1. The van der Waals surface area contributed by atoms with Gasteiger partial charge < -0.3 is 19.7 Å². The summed E-state index contributed by atoms with van der Waals surface area (Å²) in [5, 5.41) is 3.95. The molecule has 1 amide bonds. The zero-order valence-electron chi connectivity index (χ0n) is 18.6. The van der Waals surface area contributed by atoms with Gasteiger partial charge in [0.15, 0.2) is 0 Å². The number of pyridine rings is 1. The van der Waals surface area contributed by atoms with Gasteiger partial charge in [0.25, 0.3) is 11.5 Å². The summed E-state index contributed by atoms with van der Waals surface area (Å²) in [4.78, 5) is 31.0. The Morgan fingerprint density at radius 2 is 1.66 bits per heavy atom. The van der Waals surface area contributed by atoms with Gasteiger partial charge in [0.2, 0.25) is 0 Å². The average Bonchev–Trinajstić information content (AvgIpc) is 2.74. The Morgan fingerprint density at radius 1 is 1.00 bits per heavy atom. The van der Waals surface area contributed by atoms with Crippen molar-refractivity contribution in [1.29, 1.82) is 0 Å². The Hall–Kier alpha value is -2.34. The number of aryl methyl sites for hydroxylation is 1. The fraction of sp³-hybridized carbons (Fsp3) is 0.565. The minimum atomic E-state index is -0.278. The molecule has 1 N–H and O–H groups in total. The Kier molecular flexibility index (Phi) is 8.70. The first kappa shape index (κ1) is 22.9. The number of nitrogens with zero attached hydrogens (tertiary/aromatic N) is 3. The zero-order valence-corrected chi connectivity index (χ0v) is 18.6. The molecule has 0 aliphatic carbocycles. The highest BCUT2D eigenvalue weighted by Crippen LogP contribution is 2.29. The van der Waals surface area contributed by atoms with Crippen molar-refractivity contribution >= 4 is 22.5 Å². The molecule has 0 saturated heterocycles. The second-order valence-corrected chi connectivity index (χ2v) is 7.15.